The summed E-state index contributed by atoms with van der Waals surface area (Å²) in [6, 6.07) is 0. The maximum atomic E-state index is 10.8. The molecule has 3 nitrogen and oxygen atoms in total. The van der Waals surface area contributed by atoms with Gasteiger partial charge in [0.2, 0.25) is 5.91 Å². The van der Waals surface area contributed by atoms with Crippen LogP contribution in [0.1, 0.15) is 53.9 Å². The molecule has 0 fully saturated rings. The molecule has 1 unspecified atom stereocenters. The first-order valence-corrected chi connectivity index (χ1v) is 6.75. The van der Waals surface area contributed by atoms with Crippen LogP contribution in [0.5, 0.6) is 0 Å². The number of rotatable bonds is 9. The van der Waals surface area contributed by atoms with Gasteiger partial charge in [-0.3, -0.25) is 4.79 Å². The molecular formula is C15H29NO2. The minimum atomic E-state index is -0.0906. The average molecular weight is 255 g/mol. The summed E-state index contributed by atoms with van der Waals surface area (Å²) in [5, 5.41) is 2.83. The lowest BCUT2D eigenvalue weighted by molar-refractivity contribution is -0.119. The van der Waals surface area contributed by atoms with Crippen LogP contribution in [-0.4, -0.2) is 24.7 Å². The number of hydrogen-bond donors (Lipinski definition) is 1. The van der Waals surface area contributed by atoms with Crippen molar-refractivity contribution in [2.24, 2.45) is 5.92 Å². The zero-order valence-corrected chi connectivity index (χ0v) is 12.6. The Balaban J connectivity index is 3.74. The quantitative estimate of drug-likeness (QED) is 0.642. The zero-order valence-electron chi connectivity index (χ0n) is 12.6. The average Bonchev–Trinajstić information content (AvgIpc) is 2.23. The van der Waals surface area contributed by atoms with Gasteiger partial charge in [0.05, 0.1) is 5.60 Å². The van der Waals surface area contributed by atoms with Crippen molar-refractivity contribution in [3.63, 3.8) is 0 Å². The van der Waals surface area contributed by atoms with Gasteiger partial charge in [0.15, 0.2) is 0 Å². The molecular weight excluding hydrogens is 226 g/mol. The molecule has 0 aliphatic carbocycles. The first kappa shape index (κ1) is 17.2. The third kappa shape index (κ3) is 10.3. The lowest BCUT2D eigenvalue weighted by Gasteiger charge is -2.26. The Morgan fingerprint density at radius 1 is 1.39 bits per heavy atom. The normalized spacial score (nSPS) is 13.2. The summed E-state index contributed by atoms with van der Waals surface area (Å²) in [5.74, 6) is 0.482. The molecule has 0 saturated carbocycles. The van der Waals surface area contributed by atoms with Crippen molar-refractivity contribution in [1.82, 2.24) is 5.32 Å². The fourth-order valence-electron chi connectivity index (χ4n) is 1.54. The molecule has 0 spiro atoms. The number of ether oxygens (including phenoxy) is 1. The summed E-state index contributed by atoms with van der Waals surface area (Å²) >= 11 is 0. The van der Waals surface area contributed by atoms with Crippen LogP contribution in [0.2, 0.25) is 0 Å². The second kappa shape index (κ2) is 8.30. The van der Waals surface area contributed by atoms with Gasteiger partial charge < -0.3 is 10.1 Å². The highest BCUT2D eigenvalue weighted by Crippen LogP contribution is 2.20. The van der Waals surface area contributed by atoms with E-state index >= 15 is 0 Å². The number of allylic oxidation sites excluding steroid dienone is 1. The molecule has 1 amide bonds. The third-order valence-electron chi connectivity index (χ3n) is 2.96. The minimum absolute atomic E-state index is 0.0320. The first-order valence-electron chi connectivity index (χ1n) is 6.75. The molecule has 0 saturated heterocycles. The Kier molecular flexibility index (Phi) is 7.92. The molecule has 0 aromatic heterocycles. The maximum absolute atomic E-state index is 10.8. The molecule has 1 atom stereocenters. The lowest BCUT2D eigenvalue weighted by atomic mass is 9.99. The molecule has 0 aromatic carbocycles. The van der Waals surface area contributed by atoms with Crippen LogP contribution in [0, 0.1) is 5.92 Å². The minimum Gasteiger partial charge on any atom is -0.376 e. The van der Waals surface area contributed by atoms with E-state index < -0.39 is 0 Å². The largest absolute Gasteiger partial charge is 0.376 e. The predicted molar refractivity (Wildman–Crippen MR) is 76.5 cm³/mol. The fourth-order valence-corrected chi connectivity index (χ4v) is 1.54. The van der Waals surface area contributed by atoms with Gasteiger partial charge in [0.25, 0.3) is 0 Å². The van der Waals surface area contributed by atoms with Crippen molar-refractivity contribution in [3.05, 3.63) is 12.2 Å². The molecule has 0 radical (unpaired) electrons. The standard InChI is InChI=1S/C15H29NO2/c1-12(2)7-9-15(5,6)18-10-8-13(3)11-16-14(4)17/h13H,1,7-11H2,2-6H3,(H,16,17). The SMILES string of the molecule is C=C(C)CCC(C)(C)OCCC(C)CNC(C)=O. The van der Waals surface area contributed by atoms with Crippen molar-refractivity contribution >= 4 is 5.91 Å². The number of amides is 1. The summed E-state index contributed by atoms with van der Waals surface area (Å²) in [6.07, 6.45) is 2.98. The molecule has 0 rings (SSSR count). The molecule has 18 heavy (non-hydrogen) atoms. The molecule has 0 aliphatic heterocycles. The Morgan fingerprint density at radius 3 is 2.50 bits per heavy atom. The molecule has 0 aromatic rings. The van der Waals surface area contributed by atoms with Gasteiger partial charge in [0, 0.05) is 20.1 Å². The molecule has 106 valence electrons. The maximum Gasteiger partial charge on any atom is 0.216 e. The summed E-state index contributed by atoms with van der Waals surface area (Å²) in [4.78, 5) is 10.8. The van der Waals surface area contributed by atoms with E-state index in [9.17, 15) is 4.79 Å². The van der Waals surface area contributed by atoms with Crippen LogP contribution in [-0.2, 0) is 9.53 Å². The van der Waals surface area contributed by atoms with Crippen LogP contribution in [0.15, 0.2) is 12.2 Å². The van der Waals surface area contributed by atoms with Gasteiger partial charge in [-0.05, 0) is 46.0 Å². The topological polar surface area (TPSA) is 38.3 Å². The van der Waals surface area contributed by atoms with Gasteiger partial charge >= 0.3 is 0 Å². The van der Waals surface area contributed by atoms with E-state index in [-0.39, 0.29) is 11.5 Å². The molecule has 1 N–H and O–H groups in total. The van der Waals surface area contributed by atoms with Crippen molar-refractivity contribution in [1.29, 1.82) is 0 Å². The second-order valence-corrected chi connectivity index (χ2v) is 5.90. The Morgan fingerprint density at radius 2 is 2.00 bits per heavy atom. The van der Waals surface area contributed by atoms with Crippen LogP contribution in [0.4, 0.5) is 0 Å². The third-order valence-corrected chi connectivity index (χ3v) is 2.96. The highest BCUT2D eigenvalue weighted by molar-refractivity contribution is 5.72. The monoisotopic (exact) mass is 255 g/mol. The van der Waals surface area contributed by atoms with Gasteiger partial charge in [-0.2, -0.15) is 0 Å². The molecule has 3 heteroatoms. The van der Waals surface area contributed by atoms with E-state index in [4.69, 9.17) is 4.74 Å². The number of nitrogens with one attached hydrogen (secondary N) is 1. The fraction of sp³-hybridized carbons (Fsp3) is 0.800. The van der Waals surface area contributed by atoms with Crippen LogP contribution < -0.4 is 5.32 Å². The van der Waals surface area contributed by atoms with E-state index in [0.29, 0.717) is 5.92 Å². The Labute approximate surface area is 112 Å². The zero-order chi connectivity index (χ0) is 14.2. The van der Waals surface area contributed by atoms with Crippen LogP contribution in [0.25, 0.3) is 0 Å². The van der Waals surface area contributed by atoms with E-state index in [1.807, 2.05) is 6.92 Å². The van der Waals surface area contributed by atoms with Gasteiger partial charge in [-0.25, -0.2) is 0 Å². The van der Waals surface area contributed by atoms with Crippen molar-refractivity contribution in [3.8, 4) is 0 Å². The molecule has 0 heterocycles. The van der Waals surface area contributed by atoms with Crippen LogP contribution >= 0.6 is 0 Å². The van der Waals surface area contributed by atoms with Crippen molar-refractivity contribution < 1.29 is 9.53 Å². The summed E-state index contributed by atoms with van der Waals surface area (Å²) in [6.45, 7) is 15.3. The predicted octanol–water partition coefficient (Wildman–Crippen LogP) is 3.30. The number of carbonyl (C=O) groups is 1. The van der Waals surface area contributed by atoms with Gasteiger partial charge in [-0.15, -0.1) is 6.58 Å². The van der Waals surface area contributed by atoms with Gasteiger partial charge in [0.1, 0.15) is 0 Å². The Hall–Kier alpha value is -0.830. The number of carbonyl (C=O) groups excluding carboxylic acids is 1. The van der Waals surface area contributed by atoms with E-state index in [2.05, 4.69) is 32.7 Å². The first-order chi connectivity index (χ1) is 8.23. The van der Waals surface area contributed by atoms with E-state index in [0.717, 1.165) is 32.4 Å². The summed E-state index contributed by atoms with van der Waals surface area (Å²) < 4.78 is 5.90. The van der Waals surface area contributed by atoms with Crippen molar-refractivity contribution in [2.45, 2.75) is 59.5 Å². The lowest BCUT2D eigenvalue weighted by Crippen LogP contribution is -2.28. The van der Waals surface area contributed by atoms with Crippen LogP contribution in [0.3, 0.4) is 0 Å². The smallest absolute Gasteiger partial charge is 0.216 e. The molecule has 0 aliphatic rings. The second-order valence-electron chi connectivity index (χ2n) is 5.90. The van der Waals surface area contributed by atoms with Crippen molar-refractivity contribution in [2.75, 3.05) is 13.2 Å². The summed E-state index contributed by atoms with van der Waals surface area (Å²) in [5.41, 5.74) is 1.11. The number of hydrogen-bond acceptors (Lipinski definition) is 2. The van der Waals surface area contributed by atoms with E-state index in [1.165, 1.54) is 5.57 Å². The highest BCUT2D eigenvalue weighted by atomic mass is 16.5. The molecule has 0 bridgehead atoms. The summed E-state index contributed by atoms with van der Waals surface area (Å²) in [7, 11) is 0. The Bertz CT molecular complexity index is 272. The van der Waals surface area contributed by atoms with Gasteiger partial charge in [-0.1, -0.05) is 12.5 Å². The highest BCUT2D eigenvalue weighted by Gasteiger charge is 2.18. The van der Waals surface area contributed by atoms with E-state index in [1.54, 1.807) is 6.92 Å².